The molecule has 1 aliphatic carbocycles. The van der Waals surface area contributed by atoms with E-state index in [1.165, 1.54) is 0 Å². The van der Waals surface area contributed by atoms with Crippen molar-refractivity contribution < 1.29 is 39.4 Å². The second kappa shape index (κ2) is 8.33. The minimum absolute atomic E-state index is 0.0114. The van der Waals surface area contributed by atoms with Gasteiger partial charge in [-0.2, -0.15) is 0 Å². The largest absolute Gasteiger partial charge is 0.463 e. The molecule has 8 nitrogen and oxygen atoms in total. The lowest BCUT2D eigenvalue weighted by molar-refractivity contribution is -0.307. The van der Waals surface area contributed by atoms with Crippen LogP contribution in [0, 0.1) is 11.8 Å². The molecule has 2 heterocycles. The molecule has 2 aliphatic heterocycles. The second-order valence-corrected chi connectivity index (χ2v) is 7.48. The van der Waals surface area contributed by atoms with Crippen LogP contribution in [0.4, 0.5) is 0 Å². The van der Waals surface area contributed by atoms with Gasteiger partial charge in [-0.05, 0) is 38.0 Å². The van der Waals surface area contributed by atoms with Gasteiger partial charge >= 0.3 is 5.97 Å². The van der Waals surface area contributed by atoms with Crippen molar-refractivity contribution >= 4 is 5.97 Å². The number of hydrogen-bond acceptors (Lipinski definition) is 8. The van der Waals surface area contributed by atoms with E-state index < -0.39 is 48.9 Å². The molecule has 9 atom stereocenters. The average Bonchev–Trinajstić information content (AvgIpc) is 2.94. The number of carbonyl (C=O) groups excluding carboxylic acids is 1. The maximum Gasteiger partial charge on any atom is 0.306 e. The zero-order chi connectivity index (χ0) is 18.8. The highest BCUT2D eigenvalue weighted by Gasteiger charge is 2.45. The summed E-state index contributed by atoms with van der Waals surface area (Å²) < 4.78 is 16.4. The fourth-order valence-electron chi connectivity index (χ4n) is 4.03. The van der Waals surface area contributed by atoms with E-state index in [1.54, 1.807) is 13.0 Å². The van der Waals surface area contributed by atoms with Gasteiger partial charge in [-0.3, -0.25) is 4.79 Å². The highest BCUT2D eigenvalue weighted by Crippen LogP contribution is 2.37. The zero-order valence-electron chi connectivity index (χ0n) is 14.8. The number of ether oxygens (including phenoxy) is 3. The van der Waals surface area contributed by atoms with Crippen LogP contribution in [0.2, 0.25) is 0 Å². The smallest absolute Gasteiger partial charge is 0.306 e. The molecular weight excluding hydrogens is 344 g/mol. The number of hydrogen-bond donors (Lipinski definition) is 4. The van der Waals surface area contributed by atoms with Crippen molar-refractivity contribution in [3.05, 3.63) is 12.2 Å². The second-order valence-electron chi connectivity index (χ2n) is 7.48. The first kappa shape index (κ1) is 19.7. The van der Waals surface area contributed by atoms with Crippen molar-refractivity contribution in [1.82, 2.24) is 0 Å². The molecule has 148 valence electrons. The van der Waals surface area contributed by atoms with Gasteiger partial charge in [0.15, 0.2) is 6.29 Å². The van der Waals surface area contributed by atoms with Crippen LogP contribution >= 0.6 is 0 Å². The summed E-state index contributed by atoms with van der Waals surface area (Å²) in [4.78, 5) is 12.2. The van der Waals surface area contributed by atoms with Crippen LogP contribution in [0.3, 0.4) is 0 Å². The van der Waals surface area contributed by atoms with E-state index in [9.17, 15) is 25.2 Å². The van der Waals surface area contributed by atoms with Gasteiger partial charge in [0.05, 0.1) is 12.2 Å². The van der Waals surface area contributed by atoms with Crippen LogP contribution in [0.5, 0.6) is 0 Å². The standard InChI is InChI=1S/C18H28O8/c1-9-3-2-4-11-10(5-6-12(11)19)7-14(20)24-8-13-15(21)16(22)17(23)18(25-9)26-13/h2-3,9-13,15-19,21-23H,4-8H2,1H3/b3-2+/t9-,10-,11-,12-,13+,15+,16-,17+,18+/m0/s1. The summed E-state index contributed by atoms with van der Waals surface area (Å²) in [6, 6.07) is 0. The van der Waals surface area contributed by atoms with E-state index in [0.29, 0.717) is 12.8 Å². The maximum atomic E-state index is 12.2. The third-order valence-electron chi connectivity index (χ3n) is 5.60. The highest BCUT2D eigenvalue weighted by molar-refractivity contribution is 5.69. The molecule has 0 aromatic carbocycles. The number of rotatable bonds is 0. The lowest BCUT2D eigenvalue weighted by Gasteiger charge is -2.40. The van der Waals surface area contributed by atoms with Gasteiger partial charge in [0.1, 0.15) is 31.0 Å². The van der Waals surface area contributed by atoms with Crippen LogP contribution in [0.15, 0.2) is 12.2 Å². The Kier molecular flexibility index (Phi) is 6.32. The van der Waals surface area contributed by atoms with E-state index in [2.05, 4.69) is 0 Å². The van der Waals surface area contributed by atoms with Crippen LogP contribution in [0.1, 0.15) is 32.6 Å². The molecule has 0 radical (unpaired) electrons. The van der Waals surface area contributed by atoms with E-state index in [1.807, 2.05) is 6.08 Å². The van der Waals surface area contributed by atoms with E-state index in [4.69, 9.17) is 14.2 Å². The Morgan fingerprint density at radius 2 is 1.81 bits per heavy atom. The Morgan fingerprint density at radius 3 is 2.58 bits per heavy atom. The number of aliphatic hydroxyl groups is 4. The summed E-state index contributed by atoms with van der Waals surface area (Å²) in [7, 11) is 0. The summed E-state index contributed by atoms with van der Waals surface area (Å²) in [6.45, 7) is 1.53. The normalized spacial score (nSPS) is 49.0. The molecule has 3 aliphatic rings. The summed E-state index contributed by atoms with van der Waals surface area (Å²) >= 11 is 0. The molecule has 4 N–H and O–H groups in total. The Hall–Kier alpha value is -1.03. The number of esters is 1. The van der Waals surface area contributed by atoms with Gasteiger partial charge in [0.2, 0.25) is 0 Å². The Morgan fingerprint density at radius 1 is 1.04 bits per heavy atom. The topological polar surface area (TPSA) is 126 Å². The maximum absolute atomic E-state index is 12.2. The van der Waals surface area contributed by atoms with E-state index >= 15 is 0 Å². The minimum atomic E-state index is -1.46. The van der Waals surface area contributed by atoms with Crippen molar-refractivity contribution in [2.75, 3.05) is 6.61 Å². The molecule has 26 heavy (non-hydrogen) atoms. The molecule has 3 rings (SSSR count). The fraction of sp³-hybridized carbons (Fsp3) is 0.833. The molecule has 1 saturated carbocycles. The number of cyclic esters (lactones) is 1. The SMILES string of the molecule is C[C@H]1/C=C/C[C@H]2[C@@H](CC[C@@H]2O)CC(=O)OC[C@H]2O[C@@H](O1)[C@H](O)[C@@H](O)[C@@H]2O. The molecule has 2 bridgehead atoms. The first-order valence-electron chi connectivity index (χ1n) is 9.22. The van der Waals surface area contributed by atoms with Crippen LogP contribution in [-0.2, 0) is 19.0 Å². The average molecular weight is 372 g/mol. The van der Waals surface area contributed by atoms with Crippen molar-refractivity contribution in [2.45, 2.75) is 75.5 Å². The van der Waals surface area contributed by atoms with Crippen LogP contribution < -0.4 is 0 Å². The highest BCUT2D eigenvalue weighted by atomic mass is 16.7. The quantitative estimate of drug-likeness (QED) is 0.331. The number of allylic oxidation sites excluding steroid dienone is 1. The third-order valence-corrected chi connectivity index (χ3v) is 5.60. The molecule has 8 heteroatoms. The minimum Gasteiger partial charge on any atom is -0.463 e. The van der Waals surface area contributed by atoms with Crippen LogP contribution in [0.25, 0.3) is 0 Å². The summed E-state index contributed by atoms with van der Waals surface area (Å²) in [5.41, 5.74) is 0. The Labute approximate surface area is 152 Å². The molecule has 0 aromatic rings. The van der Waals surface area contributed by atoms with Gasteiger partial charge in [-0.15, -0.1) is 0 Å². The van der Waals surface area contributed by atoms with Crippen LogP contribution in [-0.4, -0.2) is 75.9 Å². The van der Waals surface area contributed by atoms with Gasteiger partial charge in [-0.25, -0.2) is 0 Å². The zero-order valence-corrected chi connectivity index (χ0v) is 14.8. The Balaban J connectivity index is 1.77. The van der Waals surface area contributed by atoms with Gasteiger partial charge in [0, 0.05) is 6.42 Å². The monoisotopic (exact) mass is 372 g/mol. The lowest BCUT2D eigenvalue weighted by Crippen LogP contribution is -2.59. The van der Waals surface area contributed by atoms with Gasteiger partial charge < -0.3 is 34.6 Å². The summed E-state index contributed by atoms with van der Waals surface area (Å²) in [5.74, 6) is -0.404. The van der Waals surface area contributed by atoms with Crippen molar-refractivity contribution in [3.8, 4) is 0 Å². The molecule has 2 fully saturated rings. The predicted molar refractivity (Wildman–Crippen MR) is 88.8 cm³/mol. The lowest BCUT2D eigenvalue weighted by atomic mass is 9.89. The molecule has 0 aromatic heterocycles. The molecule has 1 saturated heterocycles. The summed E-state index contributed by atoms with van der Waals surface area (Å²) in [5, 5.41) is 40.3. The van der Waals surface area contributed by atoms with E-state index in [-0.39, 0.29) is 24.9 Å². The first-order valence-corrected chi connectivity index (χ1v) is 9.22. The molecular formula is C18H28O8. The number of carbonyl (C=O) groups is 1. The van der Waals surface area contributed by atoms with Crippen molar-refractivity contribution in [2.24, 2.45) is 11.8 Å². The fourth-order valence-corrected chi connectivity index (χ4v) is 4.03. The summed E-state index contributed by atoms with van der Waals surface area (Å²) in [6.07, 6.45) is -1.33. The number of aliphatic hydroxyl groups excluding tert-OH is 4. The Bertz CT molecular complexity index is 523. The molecule has 0 spiro atoms. The third kappa shape index (κ3) is 4.27. The van der Waals surface area contributed by atoms with Crippen molar-refractivity contribution in [1.29, 1.82) is 0 Å². The van der Waals surface area contributed by atoms with E-state index in [0.717, 1.165) is 6.42 Å². The number of fused-ring (bicyclic) bond motifs is 3. The predicted octanol–water partition coefficient (Wildman–Crippen LogP) is -0.521. The van der Waals surface area contributed by atoms with Gasteiger partial charge in [-0.1, -0.05) is 12.2 Å². The molecule has 0 unspecified atom stereocenters. The van der Waals surface area contributed by atoms with Crippen molar-refractivity contribution in [3.63, 3.8) is 0 Å². The van der Waals surface area contributed by atoms with Gasteiger partial charge in [0.25, 0.3) is 0 Å². The molecule has 0 amide bonds. The first-order chi connectivity index (χ1) is 12.4.